The maximum absolute atomic E-state index is 2.51. The van der Waals surface area contributed by atoms with Crippen LogP contribution in [0.25, 0.3) is 71.6 Å². The monoisotopic (exact) mass is 768 g/mol. The topological polar surface area (TPSA) is 8.17 Å². The summed E-state index contributed by atoms with van der Waals surface area (Å²) in [5.41, 5.74) is 19.8. The van der Waals surface area contributed by atoms with Crippen molar-refractivity contribution in [1.82, 2.24) is 4.57 Å². The number of rotatable bonds is 5. The van der Waals surface area contributed by atoms with Gasteiger partial charge in [0.25, 0.3) is 0 Å². The van der Waals surface area contributed by atoms with E-state index in [0.29, 0.717) is 0 Å². The Hall–Kier alpha value is -7.16. The Morgan fingerprint density at radius 2 is 0.883 bits per heavy atom. The fourth-order valence-corrected chi connectivity index (χ4v) is 10.7. The Morgan fingerprint density at radius 3 is 1.53 bits per heavy atom. The predicted molar refractivity (Wildman–Crippen MR) is 254 cm³/mol. The summed E-state index contributed by atoms with van der Waals surface area (Å²) >= 11 is 0. The molecule has 10 aromatic rings. The zero-order valence-electron chi connectivity index (χ0n) is 34.4. The molecule has 0 saturated heterocycles. The number of anilines is 3. The van der Waals surface area contributed by atoms with Gasteiger partial charge < -0.3 is 9.47 Å². The zero-order valence-corrected chi connectivity index (χ0v) is 34.4. The summed E-state index contributed by atoms with van der Waals surface area (Å²) < 4.78 is 2.48. The quantitative estimate of drug-likeness (QED) is 0.169. The van der Waals surface area contributed by atoms with E-state index in [1.165, 1.54) is 88.2 Å². The van der Waals surface area contributed by atoms with Crippen molar-refractivity contribution in [3.05, 3.63) is 216 Å². The van der Waals surface area contributed by atoms with E-state index < -0.39 is 0 Å². The van der Waals surface area contributed by atoms with E-state index in [9.17, 15) is 0 Å². The standard InChI is InChI=1S/C58H44N2/c1-57(2)51-23-13-10-20-45(51)47-28-26-41(35-53(47)57)59(42-27-29-48-46-21-11-14-24-52(46)58(3,4)54(48)36-42)43-30-40(37-16-6-5-7-17-37)31-44(34-43)60-55-25-15-12-22-49(55)50-32-38-18-8-9-19-39(38)33-56(50)60/h5-36H,1-4H3. The summed E-state index contributed by atoms with van der Waals surface area (Å²) in [6.45, 7) is 9.50. The maximum Gasteiger partial charge on any atom is 0.0547 e. The summed E-state index contributed by atoms with van der Waals surface area (Å²) in [7, 11) is 0. The summed E-state index contributed by atoms with van der Waals surface area (Å²) in [5.74, 6) is 0. The van der Waals surface area contributed by atoms with E-state index in [1.807, 2.05) is 0 Å². The van der Waals surface area contributed by atoms with Crippen LogP contribution in [0.15, 0.2) is 194 Å². The first-order chi connectivity index (χ1) is 29.3. The van der Waals surface area contributed by atoms with Crippen LogP contribution in [0.5, 0.6) is 0 Å². The third-order valence-electron chi connectivity index (χ3n) is 13.7. The second kappa shape index (κ2) is 12.7. The second-order valence-electron chi connectivity index (χ2n) is 17.8. The van der Waals surface area contributed by atoms with Crippen LogP contribution in [0.2, 0.25) is 0 Å². The lowest BCUT2D eigenvalue weighted by molar-refractivity contribution is 0.660. The van der Waals surface area contributed by atoms with Crippen LogP contribution in [0.1, 0.15) is 49.9 Å². The number of hydrogen-bond acceptors (Lipinski definition) is 1. The van der Waals surface area contributed by atoms with Crippen molar-refractivity contribution in [1.29, 1.82) is 0 Å². The number of benzene rings is 9. The van der Waals surface area contributed by atoms with E-state index >= 15 is 0 Å². The molecule has 0 spiro atoms. The van der Waals surface area contributed by atoms with Gasteiger partial charge in [-0.2, -0.15) is 0 Å². The van der Waals surface area contributed by atoms with Crippen LogP contribution in [0, 0.1) is 0 Å². The fourth-order valence-electron chi connectivity index (χ4n) is 10.7. The van der Waals surface area contributed by atoms with Crippen LogP contribution < -0.4 is 4.90 Å². The number of hydrogen-bond donors (Lipinski definition) is 0. The van der Waals surface area contributed by atoms with Gasteiger partial charge >= 0.3 is 0 Å². The summed E-state index contributed by atoms with van der Waals surface area (Å²) in [6, 6.07) is 72.6. The number of aromatic nitrogens is 1. The van der Waals surface area contributed by atoms with E-state index in [0.717, 1.165) is 22.7 Å². The molecule has 60 heavy (non-hydrogen) atoms. The molecule has 0 saturated carbocycles. The van der Waals surface area contributed by atoms with Gasteiger partial charge in [0.1, 0.15) is 0 Å². The van der Waals surface area contributed by atoms with Gasteiger partial charge in [-0.3, -0.25) is 0 Å². The molecule has 0 radical (unpaired) electrons. The van der Waals surface area contributed by atoms with E-state index in [4.69, 9.17) is 0 Å². The molecule has 286 valence electrons. The Labute approximate surface area is 351 Å². The van der Waals surface area contributed by atoms with E-state index in [-0.39, 0.29) is 10.8 Å². The Morgan fingerprint density at radius 1 is 0.350 bits per heavy atom. The lowest BCUT2D eigenvalue weighted by Gasteiger charge is -2.30. The van der Waals surface area contributed by atoms with Crippen LogP contribution >= 0.6 is 0 Å². The lowest BCUT2D eigenvalue weighted by Crippen LogP contribution is -2.18. The number of nitrogens with zero attached hydrogens (tertiary/aromatic N) is 2. The number of fused-ring (bicyclic) bond motifs is 10. The van der Waals surface area contributed by atoms with Gasteiger partial charge in [-0.15, -0.1) is 0 Å². The van der Waals surface area contributed by atoms with Crippen molar-refractivity contribution < 1.29 is 0 Å². The van der Waals surface area contributed by atoms with Crippen LogP contribution in [0.3, 0.4) is 0 Å². The first-order valence-electron chi connectivity index (χ1n) is 21.2. The van der Waals surface area contributed by atoms with Gasteiger partial charge in [-0.25, -0.2) is 0 Å². The van der Waals surface area contributed by atoms with Crippen LogP contribution in [0.4, 0.5) is 17.1 Å². The Bertz CT molecular complexity index is 3270. The molecule has 0 fully saturated rings. The Balaban J connectivity index is 1.15. The molecular weight excluding hydrogens is 725 g/mol. The summed E-state index contributed by atoms with van der Waals surface area (Å²) in [5, 5.41) is 5.00. The van der Waals surface area contributed by atoms with Crippen molar-refractivity contribution in [2.75, 3.05) is 4.90 Å². The SMILES string of the molecule is CC1(C)c2ccccc2-c2ccc(N(c3cc(-c4ccccc4)cc(-n4c5ccccc5c5cc6ccccc6cc54)c3)c3ccc4c(c3)C(C)(C)c3ccccc3-4)cc21. The minimum atomic E-state index is -0.141. The molecule has 0 aliphatic heterocycles. The first kappa shape index (κ1) is 34.8. The smallest absolute Gasteiger partial charge is 0.0547 e. The van der Waals surface area contributed by atoms with Crippen LogP contribution in [-0.2, 0) is 10.8 Å². The zero-order chi connectivity index (χ0) is 40.3. The molecule has 2 aliphatic carbocycles. The highest BCUT2D eigenvalue weighted by atomic mass is 15.1. The molecule has 2 nitrogen and oxygen atoms in total. The third-order valence-corrected chi connectivity index (χ3v) is 13.7. The second-order valence-corrected chi connectivity index (χ2v) is 17.8. The highest BCUT2D eigenvalue weighted by Crippen LogP contribution is 2.53. The lowest BCUT2D eigenvalue weighted by atomic mass is 9.82. The molecule has 0 bridgehead atoms. The van der Waals surface area contributed by atoms with Crippen molar-refractivity contribution in [2.45, 2.75) is 38.5 Å². The third kappa shape index (κ3) is 5.01. The molecule has 2 heteroatoms. The molecule has 1 aromatic heterocycles. The average molecular weight is 769 g/mol. The van der Waals surface area contributed by atoms with Crippen LogP contribution in [-0.4, -0.2) is 4.57 Å². The molecule has 2 aliphatic rings. The summed E-state index contributed by atoms with van der Waals surface area (Å²) in [6.07, 6.45) is 0. The van der Waals surface area contributed by atoms with Crippen molar-refractivity contribution in [3.63, 3.8) is 0 Å². The molecule has 9 aromatic carbocycles. The number of para-hydroxylation sites is 1. The van der Waals surface area contributed by atoms with Gasteiger partial charge in [-0.05, 0) is 127 Å². The van der Waals surface area contributed by atoms with Gasteiger partial charge in [0.2, 0.25) is 0 Å². The molecule has 0 amide bonds. The average Bonchev–Trinajstić information content (AvgIpc) is 3.82. The molecule has 1 heterocycles. The summed E-state index contributed by atoms with van der Waals surface area (Å²) in [4.78, 5) is 2.51. The minimum Gasteiger partial charge on any atom is -0.310 e. The fraction of sp³-hybridized carbons (Fsp3) is 0.103. The largest absolute Gasteiger partial charge is 0.310 e. The highest BCUT2D eigenvalue weighted by molar-refractivity contribution is 6.13. The first-order valence-corrected chi connectivity index (χ1v) is 21.2. The van der Waals surface area contributed by atoms with Crippen molar-refractivity contribution >= 4 is 49.6 Å². The highest BCUT2D eigenvalue weighted by Gasteiger charge is 2.38. The molecule has 0 atom stereocenters. The molecule has 12 rings (SSSR count). The van der Waals surface area contributed by atoms with E-state index in [1.54, 1.807) is 0 Å². The minimum absolute atomic E-state index is 0.141. The van der Waals surface area contributed by atoms with Crippen molar-refractivity contribution in [2.24, 2.45) is 0 Å². The van der Waals surface area contributed by atoms with Gasteiger partial charge in [0, 0.05) is 44.4 Å². The van der Waals surface area contributed by atoms with E-state index in [2.05, 4.69) is 231 Å². The van der Waals surface area contributed by atoms with Crippen molar-refractivity contribution in [3.8, 4) is 39.1 Å². The molecular formula is C58H44N2. The maximum atomic E-state index is 2.51. The van der Waals surface area contributed by atoms with Gasteiger partial charge in [-0.1, -0.05) is 161 Å². The normalized spacial score (nSPS) is 14.3. The molecule has 0 unspecified atom stereocenters. The Kier molecular flexibility index (Phi) is 7.36. The van der Waals surface area contributed by atoms with Gasteiger partial charge in [0.05, 0.1) is 11.0 Å². The van der Waals surface area contributed by atoms with Gasteiger partial charge in [0.15, 0.2) is 0 Å². The molecule has 0 N–H and O–H groups in total. The predicted octanol–water partition coefficient (Wildman–Crippen LogP) is 15.7.